The van der Waals surface area contributed by atoms with Gasteiger partial charge in [0.1, 0.15) is 60.1 Å². The van der Waals surface area contributed by atoms with Gasteiger partial charge in [-0.25, -0.2) is 0 Å². The first-order valence-electron chi connectivity index (χ1n) is 30.6. The fourth-order valence-electron chi connectivity index (χ4n) is 10.8. The number of fused-ring (bicyclic) bond motifs is 1. The molecule has 492 valence electrons. The van der Waals surface area contributed by atoms with Crippen LogP contribution in [0.3, 0.4) is 0 Å². The van der Waals surface area contributed by atoms with Crippen molar-refractivity contribution in [1.29, 1.82) is 0 Å². The molecular weight excluding hydrogens is 1180 g/mol. The molecule has 2 aliphatic heterocycles. The second-order valence-electron chi connectivity index (χ2n) is 23.1. The van der Waals surface area contributed by atoms with Crippen LogP contribution in [0.5, 0.6) is 5.75 Å². The highest BCUT2D eigenvalue weighted by Gasteiger charge is 2.40. The number of benzene rings is 3. The maximum atomic E-state index is 14.7. The molecule has 0 unspecified atom stereocenters. The van der Waals surface area contributed by atoms with Gasteiger partial charge in [0.25, 0.3) is 0 Å². The third-order valence-electron chi connectivity index (χ3n) is 15.5. The lowest BCUT2D eigenvalue weighted by Gasteiger charge is -2.30. The average molecular weight is 1260 g/mol. The largest absolute Gasteiger partial charge is 0.508 e. The molecule has 0 saturated carbocycles. The molecule has 2 fully saturated rings. The Hall–Kier alpha value is -9.64. The molecule has 2 aliphatic rings. The Balaban J connectivity index is 1.23. The SMILES string of the molecule is CC(C)C[C@H](NC(=O)[C@@H](CCCCN)NC(=O)[C@H](Cc1ccc(O)cc1)NC(=O)[C@H](CO)NC(=O)[C@@H](Cc1c[nH]c2ccccc12)NC(=O)[C@@H](Cc1ccccc1)NC(=O)[C@H]1CCC(=O)N1)C(=O)N[C@@H](CCCN=C(N)N)C(=O)N1CCC[C@H]1C(=O)NCC(N)=O. The number of para-hydroxylation sites is 1. The molecule has 2 saturated heterocycles. The monoisotopic (exact) mass is 1260 g/mol. The van der Waals surface area contributed by atoms with E-state index < -0.39 is 127 Å². The number of likely N-dealkylation sites (tertiary alicyclic amines) is 1. The van der Waals surface area contributed by atoms with Crippen LogP contribution in [-0.2, 0) is 72.0 Å². The maximum Gasteiger partial charge on any atom is 0.245 e. The van der Waals surface area contributed by atoms with Crippen LogP contribution in [0.25, 0.3) is 10.9 Å². The number of hydrogen-bond acceptors (Lipinski definition) is 15. The highest BCUT2D eigenvalue weighted by Crippen LogP contribution is 2.22. The molecule has 11 amide bonds. The quantitative estimate of drug-likeness (QED) is 0.0127. The zero-order chi connectivity index (χ0) is 66.1. The summed E-state index contributed by atoms with van der Waals surface area (Å²) in [5.41, 5.74) is 24.6. The fourth-order valence-corrected chi connectivity index (χ4v) is 10.8. The van der Waals surface area contributed by atoms with Gasteiger partial charge < -0.3 is 90.9 Å². The number of nitrogens with zero attached hydrogens (tertiary/aromatic N) is 2. The first-order valence-corrected chi connectivity index (χ1v) is 30.6. The first-order chi connectivity index (χ1) is 43.5. The van der Waals surface area contributed by atoms with E-state index in [1.165, 1.54) is 29.2 Å². The predicted octanol–water partition coefficient (Wildman–Crippen LogP) is -2.61. The number of primary amides is 1. The summed E-state index contributed by atoms with van der Waals surface area (Å²) in [5, 5.41) is 45.6. The molecule has 0 aliphatic carbocycles. The number of aliphatic hydroxyl groups is 1. The minimum absolute atomic E-state index is 0.00526. The maximum absolute atomic E-state index is 14.7. The fraction of sp³-hybridized carbons (Fsp3) is 0.484. The number of aromatic hydroxyl groups is 1. The number of carbonyl (C=O) groups is 11. The molecule has 6 rings (SSSR count). The van der Waals surface area contributed by atoms with E-state index in [0.29, 0.717) is 46.9 Å². The Morgan fingerprint density at radius 1 is 0.637 bits per heavy atom. The van der Waals surface area contributed by atoms with Crippen molar-refractivity contribution in [3.8, 4) is 5.75 Å². The van der Waals surface area contributed by atoms with Crippen LogP contribution in [0.4, 0.5) is 0 Å². The number of rotatable bonds is 35. The first kappa shape index (κ1) is 70.4. The van der Waals surface area contributed by atoms with Crippen molar-refractivity contribution >= 4 is 81.8 Å². The Morgan fingerprint density at radius 3 is 1.82 bits per heavy atom. The number of aromatic nitrogens is 1. The smallest absolute Gasteiger partial charge is 0.245 e. The standard InChI is InChI=1S/C62H86N16O13/c1-35(2)28-45(55(85)72-44(17-10-26-67-62(65)66)61(91)78-27-11-18-50(78)60(90)69-33-51(64)81)73-53(83)42(16-8-9-25-63)71-56(86)47(30-37-19-21-39(80)22-20-37)75-59(89)49(34-79)77-58(88)48(31-38-32-68-41-15-7-6-14-40(38)41)76-57(87)46(29-36-12-4-3-5-13-36)74-54(84)43-23-24-52(82)70-43/h3-7,12-15,19-22,32,35,42-50,68,79-80H,8-11,16-18,23-31,33-34,63H2,1-2H3,(H2,64,81)(H,69,90)(H,70,82)(H,71,86)(H,72,85)(H,73,83)(H,74,84)(H,75,89)(H,76,87)(H,77,88)(H4,65,66,67)/t42-,43-,44+,45+,46-,47+,48-,49+,50+/m1/s1. The summed E-state index contributed by atoms with van der Waals surface area (Å²) in [5.74, 6) is -8.76. The van der Waals surface area contributed by atoms with E-state index in [1.807, 2.05) is 6.07 Å². The Kier molecular flexibility index (Phi) is 27.0. The summed E-state index contributed by atoms with van der Waals surface area (Å²) in [6.45, 7) is 2.59. The van der Waals surface area contributed by atoms with E-state index in [1.54, 1.807) is 68.6 Å². The van der Waals surface area contributed by atoms with E-state index in [-0.39, 0.29) is 107 Å². The van der Waals surface area contributed by atoms with Gasteiger partial charge in [0, 0.05) is 55.9 Å². The number of aromatic amines is 1. The van der Waals surface area contributed by atoms with Crippen LogP contribution < -0.4 is 70.8 Å². The number of phenolic OH excluding ortho intramolecular Hbond substituents is 1. The van der Waals surface area contributed by atoms with Crippen LogP contribution in [0.1, 0.15) is 94.7 Å². The number of guanidine groups is 1. The zero-order valence-electron chi connectivity index (χ0n) is 51.2. The van der Waals surface area contributed by atoms with Gasteiger partial charge in [0.15, 0.2) is 5.96 Å². The molecule has 0 spiro atoms. The summed E-state index contributed by atoms with van der Waals surface area (Å²) in [6.07, 6.45) is 3.19. The van der Waals surface area contributed by atoms with E-state index >= 15 is 0 Å². The van der Waals surface area contributed by atoms with E-state index in [2.05, 4.69) is 57.8 Å². The number of H-pyrrole nitrogens is 1. The molecule has 29 nitrogen and oxygen atoms in total. The molecule has 91 heavy (non-hydrogen) atoms. The van der Waals surface area contributed by atoms with E-state index in [4.69, 9.17) is 22.9 Å². The van der Waals surface area contributed by atoms with Crippen LogP contribution in [-0.4, -0.2) is 178 Å². The minimum Gasteiger partial charge on any atom is -0.508 e. The van der Waals surface area contributed by atoms with Crippen molar-refractivity contribution in [1.82, 2.24) is 57.7 Å². The molecule has 0 radical (unpaired) electrons. The topological polar surface area (TPSA) is 472 Å². The second-order valence-corrected chi connectivity index (χ2v) is 23.1. The summed E-state index contributed by atoms with van der Waals surface area (Å²) < 4.78 is 0. The number of hydrogen-bond donors (Lipinski definition) is 16. The van der Waals surface area contributed by atoms with Crippen molar-refractivity contribution in [2.24, 2.45) is 33.8 Å². The number of phenols is 1. The lowest BCUT2D eigenvalue weighted by atomic mass is 10.00. The van der Waals surface area contributed by atoms with Crippen molar-refractivity contribution in [3.63, 3.8) is 0 Å². The normalized spacial score (nSPS) is 16.8. The minimum atomic E-state index is -1.77. The van der Waals surface area contributed by atoms with Gasteiger partial charge in [-0.05, 0) is 105 Å². The number of nitrogens with two attached hydrogens (primary N) is 4. The number of carbonyl (C=O) groups excluding carboxylic acids is 11. The van der Waals surface area contributed by atoms with Gasteiger partial charge in [-0.3, -0.25) is 57.7 Å². The number of aliphatic hydroxyl groups excluding tert-OH is 1. The molecular formula is C62H86N16O13. The molecule has 1 aromatic heterocycles. The molecule has 9 atom stereocenters. The van der Waals surface area contributed by atoms with Crippen LogP contribution in [0.2, 0.25) is 0 Å². The van der Waals surface area contributed by atoms with Crippen molar-refractivity contribution in [3.05, 3.63) is 102 Å². The Bertz CT molecular complexity index is 3210. The highest BCUT2D eigenvalue weighted by molar-refractivity contribution is 6.00. The Labute approximate surface area is 526 Å². The molecule has 3 heterocycles. The van der Waals surface area contributed by atoms with Gasteiger partial charge in [0.2, 0.25) is 65.0 Å². The van der Waals surface area contributed by atoms with Gasteiger partial charge in [0.05, 0.1) is 13.2 Å². The van der Waals surface area contributed by atoms with Crippen molar-refractivity contribution in [2.75, 3.05) is 32.8 Å². The number of nitrogens with one attached hydrogen (secondary N) is 10. The number of amides is 11. The summed E-state index contributed by atoms with van der Waals surface area (Å²) in [4.78, 5) is 160. The molecule has 29 heteroatoms. The average Bonchev–Trinajstić information content (AvgIpc) is 2.69. The third kappa shape index (κ3) is 21.8. The van der Waals surface area contributed by atoms with Gasteiger partial charge in [-0.15, -0.1) is 0 Å². The summed E-state index contributed by atoms with van der Waals surface area (Å²) in [7, 11) is 0. The van der Waals surface area contributed by atoms with Gasteiger partial charge in [-0.2, -0.15) is 0 Å². The lowest BCUT2D eigenvalue weighted by molar-refractivity contribution is -0.142. The molecule has 4 aromatic rings. The summed E-state index contributed by atoms with van der Waals surface area (Å²) >= 11 is 0. The lowest BCUT2D eigenvalue weighted by Crippen LogP contribution is -2.61. The van der Waals surface area contributed by atoms with Gasteiger partial charge in [-0.1, -0.05) is 74.5 Å². The van der Waals surface area contributed by atoms with Crippen LogP contribution in [0, 0.1) is 5.92 Å². The second kappa shape index (κ2) is 34.9. The van der Waals surface area contributed by atoms with Crippen LogP contribution >= 0.6 is 0 Å². The van der Waals surface area contributed by atoms with Crippen molar-refractivity contribution < 1.29 is 63.0 Å². The number of aliphatic imine (C=N–C) groups is 1. The number of unbranched alkanes of at least 4 members (excludes halogenated alkanes) is 1. The Morgan fingerprint density at radius 2 is 1.20 bits per heavy atom. The molecule has 3 aromatic carbocycles. The highest BCUT2D eigenvalue weighted by atomic mass is 16.3. The predicted molar refractivity (Wildman–Crippen MR) is 335 cm³/mol. The van der Waals surface area contributed by atoms with Crippen LogP contribution in [0.15, 0.2) is 90.1 Å². The van der Waals surface area contributed by atoms with E-state index in [0.717, 1.165) is 0 Å². The molecule has 0 bridgehead atoms. The molecule has 20 N–H and O–H groups in total. The van der Waals surface area contributed by atoms with Crippen molar-refractivity contribution in [2.45, 2.75) is 152 Å². The summed E-state index contributed by atoms with van der Waals surface area (Å²) in [6, 6.07) is 9.82. The zero-order valence-corrected chi connectivity index (χ0v) is 51.2. The third-order valence-corrected chi connectivity index (χ3v) is 15.5. The van der Waals surface area contributed by atoms with Gasteiger partial charge >= 0.3 is 0 Å². The van der Waals surface area contributed by atoms with E-state index in [9.17, 15) is 63.0 Å².